The predicted octanol–water partition coefficient (Wildman–Crippen LogP) is 0.225. The second-order valence-corrected chi connectivity index (χ2v) is 7.38. The molecule has 10 heteroatoms. The molecule has 0 unspecified atom stereocenters. The summed E-state index contributed by atoms with van der Waals surface area (Å²) in [6.07, 6.45) is 0. The molecule has 0 saturated carbocycles. The molecule has 0 radical (unpaired) electrons. The van der Waals surface area contributed by atoms with Gasteiger partial charge in [0.15, 0.2) is 11.6 Å². The van der Waals surface area contributed by atoms with Gasteiger partial charge in [0.05, 0.1) is 26.4 Å². The number of hydrogen-bond donors (Lipinski definition) is 0. The van der Waals surface area contributed by atoms with Crippen LogP contribution in [0.25, 0.3) is 11.0 Å². The molecular formula is C18H28N8O2. The van der Waals surface area contributed by atoms with Crippen molar-refractivity contribution in [2.45, 2.75) is 0 Å². The molecule has 28 heavy (non-hydrogen) atoms. The van der Waals surface area contributed by atoms with E-state index >= 15 is 0 Å². The molecular weight excluding hydrogens is 360 g/mol. The van der Waals surface area contributed by atoms with Crippen molar-refractivity contribution in [3.05, 3.63) is 0 Å². The first-order valence-corrected chi connectivity index (χ1v) is 9.64. The third-order valence-corrected chi connectivity index (χ3v) is 4.92. The first kappa shape index (κ1) is 18.9. The normalized spacial score (nSPS) is 17.9. The number of rotatable bonds is 4. The van der Waals surface area contributed by atoms with Gasteiger partial charge in [0.1, 0.15) is 11.0 Å². The quantitative estimate of drug-likeness (QED) is 0.725. The molecule has 2 aliphatic heterocycles. The maximum absolute atomic E-state index is 5.47. The lowest BCUT2D eigenvalue weighted by Crippen LogP contribution is -2.38. The van der Waals surface area contributed by atoms with E-state index in [0.29, 0.717) is 38.3 Å². The fraction of sp³-hybridized carbons (Fsp3) is 0.667. The molecule has 0 atom stereocenters. The van der Waals surface area contributed by atoms with E-state index < -0.39 is 0 Å². The van der Waals surface area contributed by atoms with E-state index in [4.69, 9.17) is 29.4 Å². The lowest BCUT2D eigenvalue weighted by molar-refractivity contribution is 0.122. The molecule has 10 nitrogen and oxygen atoms in total. The Bertz CT molecular complexity index is 763. The highest BCUT2D eigenvalue weighted by molar-refractivity contribution is 5.94. The molecule has 0 amide bonds. The molecule has 2 saturated heterocycles. The van der Waals surface area contributed by atoms with Crippen molar-refractivity contribution in [3.63, 3.8) is 0 Å². The van der Waals surface area contributed by atoms with Crippen molar-refractivity contribution in [1.82, 2.24) is 19.9 Å². The van der Waals surface area contributed by atoms with Crippen molar-refractivity contribution in [2.75, 3.05) is 100 Å². The summed E-state index contributed by atoms with van der Waals surface area (Å²) < 4.78 is 10.9. The smallest absolute Gasteiger partial charge is 0.228 e. The minimum atomic E-state index is 0.686. The molecule has 2 aliphatic rings. The van der Waals surface area contributed by atoms with Crippen molar-refractivity contribution in [3.8, 4) is 0 Å². The highest BCUT2D eigenvalue weighted by Crippen LogP contribution is 2.31. The summed E-state index contributed by atoms with van der Waals surface area (Å²) in [6, 6.07) is 0. The van der Waals surface area contributed by atoms with E-state index in [1.165, 1.54) is 0 Å². The van der Waals surface area contributed by atoms with Gasteiger partial charge in [-0.3, -0.25) is 0 Å². The van der Waals surface area contributed by atoms with Crippen LogP contribution in [0.3, 0.4) is 0 Å². The average Bonchev–Trinajstić information content (AvgIpc) is 2.73. The van der Waals surface area contributed by atoms with E-state index in [-0.39, 0.29) is 0 Å². The Balaban J connectivity index is 1.88. The minimum Gasteiger partial charge on any atom is -0.378 e. The SMILES string of the molecule is CN(C)c1nc(N2CCOCC2)nc2c(N(C)C)nc(N3CCOCC3)nc12. The zero-order valence-corrected chi connectivity index (χ0v) is 17.1. The molecule has 4 heterocycles. The van der Waals surface area contributed by atoms with Gasteiger partial charge in [0, 0.05) is 54.4 Å². The van der Waals surface area contributed by atoms with Gasteiger partial charge in [-0.1, -0.05) is 0 Å². The number of fused-ring (bicyclic) bond motifs is 1. The number of nitrogens with zero attached hydrogens (tertiary/aromatic N) is 8. The Labute approximate surface area is 165 Å². The molecule has 0 aliphatic carbocycles. The number of ether oxygens (including phenoxy) is 2. The lowest BCUT2D eigenvalue weighted by atomic mass is 10.3. The maximum atomic E-state index is 5.47. The summed E-state index contributed by atoms with van der Waals surface area (Å²) in [5.74, 6) is 2.99. The summed E-state index contributed by atoms with van der Waals surface area (Å²) in [6.45, 7) is 5.87. The van der Waals surface area contributed by atoms with Crippen molar-refractivity contribution >= 4 is 34.6 Å². The number of anilines is 4. The molecule has 0 N–H and O–H groups in total. The van der Waals surface area contributed by atoms with Gasteiger partial charge >= 0.3 is 0 Å². The molecule has 0 bridgehead atoms. The zero-order chi connectivity index (χ0) is 19.7. The van der Waals surface area contributed by atoms with Crippen LogP contribution in [0.1, 0.15) is 0 Å². The standard InChI is InChI=1S/C18H28N8O2/c1-23(2)15-13-14(20-17(21-15)25-5-9-27-10-6-25)16(24(3)4)22-18(19-13)26-7-11-28-12-8-26/h5-12H2,1-4H3. The first-order chi connectivity index (χ1) is 13.5. The van der Waals surface area contributed by atoms with Gasteiger partial charge in [-0.05, 0) is 0 Å². The number of morpholine rings is 2. The van der Waals surface area contributed by atoms with Gasteiger partial charge in [-0.15, -0.1) is 0 Å². The second kappa shape index (κ2) is 7.88. The van der Waals surface area contributed by atoms with E-state index in [1.807, 2.05) is 38.0 Å². The van der Waals surface area contributed by atoms with Gasteiger partial charge in [-0.25, -0.2) is 9.97 Å². The predicted molar refractivity (Wildman–Crippen MR) is 110 cm³/mol. The summed E-state index contributed by atoms with van der Waals surface area (Å²) >= 11 is 0. The lowest BCUT2D eigenvalue weighted by Gasteiger charge is -2.30. The van der Waals surface area contributed by atoms with Crippen LogP contribution in [0, 0.1) is 0 Å². The highest BCUT2D eigenvalue weighted by Gasteiger charge is 2.24. The van der Waals surface area contributed by atoms with Crippen LogP contribution >= 0.6 is 0 Å². The molecule has 152 valence electrons. The van der Waals surface area contributed by atoms with E-state index in [0.717, 1.165) is 48.8 Å². The first-order valence-electron chi connectivity index (χ1n) is 9.64. The summed E-state index contributed by atoms with van der Waals surface area (Å²) in [5.41, 5.74) is 1.53. The molecule has 2 aromatic heterocycles. The molecule has 2 aromatic rings. The van der Waals surface area contributed by atoms with E-state index in [9.17, 15) is 0 Å². The Hall–Kier alpha value is -2.46. The fourth-order valence-electron chi connectivity index (χ4n) is 3.40. The van der Waals surface area contributed by atoms with Gasteiger partial charge in [-0.2, -0.15) is 9.97 Å². The number of hydrogen-bond acceptors (Lipinski definition) is 10. The minimum absolute atomic E-state index is 0.686. The van der Waals surface area contributed by atoms with Crippen LogP contribution in [0.4, 0.5) is 23.5 Å². The zero-order valence-electron chi connectivity index (χ0n) is 17.1. The van der Waals surface area contributed by atoms with E-state index in [2.05, 4.69) is 9.80 Å². The Kier molecular flexibility index (Phi) is 5.31. The third-order valence-electron chi connectivity index (χ3n) is 4.92. The second-order valence-electron chi connectivity index (χ2n) is 7.38. The molecule has 0 spiro atoms. The largest absolute Gasteiger partial charge is 0.378 e. The number of aromatic nitrogens is 4. The molecule has 4 rings (SSSR count). The average molecular weight is 388 g/mol. The van der Waals surface area contributed by atoms with E-state index in [1.54, 1.807) is 0 Å². The van der Waals surface area contributed by atoms with Crippen molar-refractivity contribution in [1.29, 1.82) is 0 Å². The van der Waals surface area contributed by atoms with Crippen LogP contribution in [0.2, 0.25) is 0 Å². The highest BCUT2D eigenvalue weighted by atomic mass is 16.5. The van der Waals surface area contributed by atoms with Crippen LogP contribution in [0.5, 0.6) is 0 Å². The molecule has 2 fully saturated rings. The monoisotopic (exact) mass is 388 g/mol. The van der Waals surface area contributed by atoms with Crippen LogP contribution < -0.4 is 19.6 Å². The Morgan fingerprint density at radius 1 is 0.607 bits per heavy atom. The van der Waals surface area contributed by atoms with Crippen LogP contribution in [0.15, 0.2) is 0 Å². The van der Waals surface area contributed by atoms with Gasteiger partial charge in [0.25, 0.3) is 0 Å². The summed E-state index contributed by atoms with van der Waals surface area (Å²) in [5, 5.41) is 0. The van der Waals surface area contributed by atoms with Crippen LogP contribution in [-0.4, -0.2) is 101 Å². The van der Waals surface area contributed by atoms with Crippen molar-refractivity contribution < 1.29 is 9.47 Å². The van der Waals surface area contributed by atoms with Gasteiger partial charge < -0.3 is 29.1 Å². The topological polar surface area (TPSA) is 83.0 Å². The third kappa shape index (κ3) is 3.61. The van der Waals surface area contributed by atoms with Crippen molar-refractivity contribution in [2.24, 2.45) is 0 Å². The fourth-order valence-corrected chi connectivity index (χ4v) is 3.40. The maximum Gasteiger partial charge on any atom is 0.228 e. The Morgan fingerprint density at radius 3 is 1.29 bits per heavy atom. The Morgan fingerprint density at radius 2 is 0.964 bits per heavy atom. The van der Waals surface area contributed by atoms with Crippen LogP contribution in [-0.2, 0) is 9.47 Å². The summed E-state index contributed by atoms with van der Waals surface area (Å²) in [4.78, 5) is 27.7. The van der Waals surface area contributed by atoms with Gasteiger partial charge in [0.2, 0.25) is 11.9 Å². The summed E-state index contributed by atoms with van der Waals surface area (Å²) in [7, 11) is 7.93. The molecule has 0 aromatic carbocycles.